The van der Waals surface area contributed by atoms with Gasteiger partial charge in [-0.05, 0) is 31.6 Å². The molecular weight excluding hydrogens is 472 g/mol. The van der Waals surface area contributed by atoms with Gasteiger partial charge in [0.15, 0.2) is 0 Å². The van der Waals surface area contributed by atoms with E-state index in [1.165, 1.54) is 116 Å². The van der Waals surface area contributed by atoms with E-state index < -0.39 is 0 Å². The van der Waals surface area contributed by atoms with Crippen LogP contribution in [-0.2, 0) is 19.1 Å². The Morgan fingerprint density at radius 1 is 0.447 bits per heavy atom. The Morgan fingerprint density at radius 3 is 1.11 bits per heavy atom. The Morgan fingerprint density at radius 2 is 0.763 bits per heavy atom. The van der Waals surface area contributed by atoms with Crippen molar-refractivity contribution in [2.24, 2.45) is 5.92 Å². The van der Waals surface area contributed by atoms with Crippen LogP contribution in [0, 0.1) is 5.92 Å². The lowest BCUT2D eigenvalue weighted by atomic mass is 10.0. The first-order chi connectivity index (χ1) is 18.6. The van der Waals surface area contributed by atoms with E-state index >= 15 is 0 Å². The SMILES string of the molecule is CCCCCCCCCCCCCCCCCCOC(=O)CCCCC(=O)OCCCCCCCC(C)C. The Labute approximate surface area is 237 Å². The smallest absolute Gasteiger partial charge is 0.305 e. The first-order valence-corrected chi connectivity index (χ1v) is 16.9. The highest BCUT2D eigenvalue weighted by molar-refractivity contribution is 5.70. The second-order valence-corrected chi connectivity index (χ2v) is 11.9. The van der Waals surface area contributed by atoms with Crippen molar-refractivity contribution in [3.05, 3.63) is 0 Å². The molecule has 0 aromatic rings. The minimum atomic E-state index is -0.133. The standard InChI is InChI=1S/C34H66O4/c1-4-5-6-7-8-9-10-11-12-13-14-15-16-17-20-25-30-37-33(35)28-23-24-29-34(36)38-31-26-21-18-19-22-27-32(2)3/h32H,4-31H2,1-3H3. The lowest BCUT2D eigenvalue weighted by Crippen LogP contribution is -2.08. The van der Waals surface area contributed by atoms with Gasteiger partial charge in [0.2, 0.25) is 0 Å². The molecule has 38 heavy (non-hydrogen) atoms. The van der Waals surface area contributed by atoms with E-state index in [1.807, 2.05) is 0 Å². The number of ether oxygens (including phenoxy) is 2. The van der Waals surface area contributed by atoms with Crippen molar-refractivity contribution >= 4 is 11.9 Å². The molecule has 0 N–H and O–H groups in total. The van der Waals surface area contributed by atoms with Crippen LogP contribution in [0.1, 0.15) is 188 Å². The molecule has 226 valence electrons. The van der Waals surface area contributed by atoms with Crippen LogP contribution in [0.5, 0.6) is 0 Å². The zero-order valence-corrected chi connectivity index (χ0v) is 26.0. The molecule has 0 rings (SSSR count). The molecule has 0 spiro atoms. The third kappa shape index (κ3) is 31.2. The summed E-state index contributed by atoms with van der Waals surface area (Å²) in [5.41, 5.74) is 0. The first-order valence-electron chi connectivity index (χ1n) is 16.9. The van der Waals surface area contributed by atoms with Crippen LogP contribution < -0.4 is 0 Å². The Kier molecular flexibility index (Phi) is 29.6. The Bertz CT molecular complexity index is 503. The number of hydrogen-bond donors (Lipinski definition) is 0. The molecular formula is C34H66O4. The molecule has 0 heterocycles. The van der Waals surface area contributed by atoms with Crippen molar-refractivity contribution in [3.63, 3.8) is 0 Å². The van der Waals surface area contributed by atoms with Gasteiger partial charge in [-0.15, -0.1) is 0 Å². The van der Waals surface area contributed by atoms with Crippen LogP contribution in [0.3, 0.4) is 0 Å². The fourth-order valence-corrected chi connectivity index (χ4v) is 4.89. The van der Waals surface area contributed by atoms with Gasteiger partial charge in [-0.3, -0.25) is 9.59 Å². The molecule has 0 aliphatic heterocycles. The van der Waals surface area contributed by atoms with E-state index in [-0.39, 0.29) is 11.9 Å². The van der Waals surface area contributed by atoms with Gasteiger partial charge in [0.1, 0.15) is 0 Å². The van der Waals surface area contributed by atoms with Gasteiger partial charge in [0, 0.05) is 12.8 Å². The van der Waals surface area contributed by atoms with Gasteiger partial charge in [0.05, 0.1) is 13.2 Å². The highest BCUT2D eigenvalue weighted by atomic mass is 16.5. The van der Waals surface area contributed by atoms with Crippen molar-refractivity contribution in [1.29, 1.82) is 0 Å². The highest BCUT2D eigenvalue weighted by Gasteiger charge is 2.06. The van der Waals surface area contributed by atoms with Crippen LogP contribution in [0.2, 0.25) is 0 Å². The largest absolute Gasteiger partial charge is 0.466 e. The summed E-state index contributed by atoms with van der Waals surface area (Å²) < 4.78 is 10.7. The van der Waals surface area contributed by atoms with E-state index in [1.54, 1.807) is 0 Å². The van der Waals surface area contributed by atoms with Gasteiger partial charge in [0.25, 0.3) is 0 Å². The van der Waals surface area contributed by atoms with E-state index in [2.05, 4.69) is 20.8 Å². The molecule has 0 aliphatic rings. The fourth-order valence-electron chi connectivity index (χ4n) is 4.89. The summed E-state index contributed by atoms with van der Waals surface area (Å²) in [5, 5.41) is 0. The monoisotopic (exact) mass is 538 g/mol. The molecule has 0 fully saturated rings. The zero-order chi connectivity index (χ0) is 27.9. The predicted octanol–water partition coefficient (Wildman–Crippen LogP) is 10.9. The number of rotatable bonds is 30. The van der Waals surface area contributed by atoms with Gasteiger partial charge in [-0.25, -0.2) is 0 Å². The topological polar surface area (TPSA) is 52.6 Å². The third-order valence-corrected chi connectivity index (χ3v) is 7.46. The van der Waals surface area contributed by atoms with E-state index in [4.69, 9.17) is 9.47 Å². The quantitative estimate of drug-likeness (QED) is 0.0674. The molecule has 0 aromatic carbocycles. The second-order valence-electron chi connectivity index (χ2n) is 11.9. The molecule has 0 saturated heterocycles. The lowest BCUT2D eigenvalue weighted by Gasteiger charge is -2.07. The average molecular weight is 539 g/mol. The summed E-state index contributed by atoms with van der Waals surface area (Å²) in [7, 11) is 0. The molecule has 4 heteroatoms. The summed E-state index contributed by atoms with van der Waals surface area (Å²) in [4.78, 5) is 23.7. The summed E-state index contributed by atoms with van der Waals surface area (Å²) in [6, 6.07) is 0. The minimum Gasteiger partial charge on any atom is -0.466 e. The molecule has 0 aliphatic carbocycles. The molecule has 0 aromatic heterocycles. The van der Waals surface area contributed by atoms with Gasteiger partial charge < -0.3 is 9.47 Å². The average Bonchev–Trinajstić information content (AvgIpc) is 2.89. The maximum Gasteiger partial charge on any atom is 0.305 e. The van der Waals surface area contributed by atoms with E-state index in [0.717, 1.165) is 31.6 Å². The van der Waals surface area contributed by atoms with Gasteiger partial charge in [-0.2, -0.15) is 0 Å². The van der Waals surface area contributed by atoms with Crippen molar-refractivity contribution < 1.29 is 19.1 Å². The molecule has 0 saturated carbocycles. The van der Waals surface area contributed by atoms with Crippen molar-refractivity contribution in [1.82, 2.24) is 0 Å². The first kappa shape index (κ1) is 36.9. The summed E-state index contributed by atoms with van der Waals surface area (Å²) in [6.07, 6.45) is 30.9. The lowest BCUT2D eigenvalue weighted by molar-refractivity contribution is -0.146. The molecule has 0 radical (unpaired) electrons. The van der Waals surface area contributed by atoms with Crippen LogP contribution in [-0.4, -0.2) is 25.2 Å². The zero-order valence-electron chi connectivity index (χ0n) is 26.0. The van der Waals surface area contributed by atoms with Crippen LogP contribution in [0.4, 0.5) is 0 Å². The number of hydrogen-bond acceptors (Lipinski definition) is 4. The molecule has 0 bridgehead atoms. The van der Waals surface area contributed by atoms with Gasteiger partial charge in [-0.1, -0.05) is 149 Å². The van der Waals surface area contributed by atoms with E-state index in [9.17, 15) is 9.59 Å². The maximum atomic E-state index is 11.9. The predicted molar refractivity (Wildman–Crippen MR) is 162 cm³/mol. The van der Waals surface area contributed by atoms with Crippen molar-refractivity contribution in [2.75, 3.05) is 13.2 Å². The molecule has 0 atom stereocenters. The Balaban J connectivity index is 3.26. The third-order valence-electron chi connectivity index (χ3n) is 7.46. The number of unbranched alkanes of at least 4 members (excludes halogenated alkanes) is 20. The summed E-state index contributed by atoms with van der Waals surface area (Å²) >= 11 is 0. The summed E-state index contributed by atoms with van der Waals surface area (Å²) in [5.74, 6) is 0.532. The van der Waals surface area contributed by atoms with Crippen LogP contribution in [0.25, 0.3) is 0 Å². The second kappa shape index (κ2) is 30.5. The van der Waals surface area contributed by atoms with Crippen LogP contribution >= 0.6 is 0 Å². The van der Waals surface area contributed by atoms with Gasteiger partial charge >= 0.3 is 11.9 Å². The minimum absolute atomic E-state index is 0.128. The number of esters is 2. The molecule has 4 nitrogen and oxygen atoms in total. The maximum absolute atomic E-state index is 11.9. The Hall–Kier alpha value is -1.06. The molecule has 0 amide bonds. The molecule has 0 unspecified atom stereocenters. The van der Waals surface area contributed by atoms with E-state index in [0.29, 0.717) is 38.9 Å². The van der Waals surface area contributed by atoms with Crippen molar-refractivity contribution in [3.8, 4) is 0 Å². The number of carbonyl (C=O) groups excluding carboxylic acids is 2. The van der Waals surface area contributed by atoms with Crippen LogP contribution in [0.15, 0.2) is 0 Å². The highest BCUT2D eigenvalue weighted by Crippen LogP contribution is 2.14. The summed E-state index contributed by atoms with van der Waals surface area (Å²) in [6.45, 7) is 7.89. The normalized spacial score (nSPS) is 11.3. The number of carbonyl (C=O) groups is 2. The fraction of sp³-hybridized carbons (Fsp3) is 0.941. The van der Waals surface area contributed by atoms with Crippen molar-refractivity contribution in [2.45, 2.75) is 188 Å².